The number of piperidine rings is 3. The molecule has 4 heterocycles. The van der Waals surface area contributed by atoms with E-state index in [0.717, 1.165) is 31.3 Å². The number of fused-ring (bicyclic) bond motifs is 7. The average Bonchev–Trinajstić information content (AvgIpc) is 2.81. The van der Waals surface area contributed by atoms with E-state index in [2.05, 4.69) is 21.0 Å². The molecule has 6 heteroatoms. The van der Waals surface area contributed by atoms with Gasteiger partial charge in [-0.15, -0.1) is 0 Å². The largest absolute Gasteiger partial charge is 0.334 e. The summed E-state index contributed by atoms with van der Waals surface area (Å²) in [4.78, 5) is 31.1. The average molecular weight is 419 g/mol. The van der Waals surface area contributed by atoms with E-state index in [1.807, 2.05) is 18.2 Å². The molecular formula is C25H30N4O2. The van der Waals surface area contributed by atoms with Crippen molar-refractivity contribution >= 4 is 16.7 Å². The number of benzene rings is 1. The van der Waals surface area contributed by atoms with Crippen molar-refractivity contribution in [2.45, 2.75) is 57.2 Å². The van der Waals surface area contributed by atoms with Crippen molar-refractivity contribution in [3.8, 4) is 0 Å². The highest BCUT2D eigenvalue weighted by Crippen LogP contribution is 2.45. The first-order chi connectivity index (χ1) is 15.2. The summed E-state index contributed by atoms with van der Waals surface area (Å²) in [5.74, 6) is 1.20. The van der Waals surface area contributed by atoms with Gasteiger partial charge in [-0.05, 0) is 56.6 Å². The molecule has 2 bridgehead atoms. The zero-order valence-corrected chi connectivity index (χ0v) is 17.9. The van der Waals surface area contributed by atoms with Gasteiger partial charge in [-0.2, -0.15) is 5.10 Å². The van der Waals surface area contributed by atoms with Gasteiger partial charge in [0.25, 0.3) is 5.56 Å². The minimum atomic E-state index is -0.184. The van der Waals surface area contributed by atoms with E-state index in [1.165, 1.54) is 42.5 Å². The number of aromatic nitrogens is 2. The predicted molar refractivity (Wildman–Crippen MR) is 120 cm³/mol. The van der Waals surface area contributed by atoms with Gasteiger partial charge in [0.2, 0.25) is 5.91 Å². The number of hydrogen-bond acceptors (Lipinski definition) is 4. The topological polar surface area (TPSA) is 58.4 Å². The van der Waals surface area contributed by atoms with Crippen LogP contribution < -0.4 is 5.56 Å². The van der Waals surface area contributed by atoms with Crippen molar-refractivity contribution in [1.82, 2.24) is 19.6 Å². The van der Waals surface area contributed by atoms with Crippen LogP contribution in [-0.2, 0) is 11.3 Å². The van der Waals surface area contributed by atoms with Crippen LogP contribution in [0.2, 0.25) is 0 Å². The summed E-state index contributed by atoms with van der Waals surface area (Å²) >= 11 is 0. The quantitative estimate of drug-likeness (QED) is 0.704. The van der Waals surface area contributed by atoms with Gasteiger partial charge in [-0.3, -0.25) is 14.5 Å². The SMILES string of the molecule is O=C(Cn1ncc2ccccc2c1=O)N1CCCC2=C[C@@H]3C[C@@H](CN4CCCCC34)C21. The third kappa shape index (κ3) is 3.23. The molecular weight excluding hydrogens is 388 g/mol. The normalized spacial score (nSPS) is 30.5. The van der Waals surface area contributed by atoms with Crippen molar-refractivity contribution in [3.05, 3.63) is 52.5 Å². The summed E-state index contributed by atoms with van der Waals surface area (Å²) in [7, 11) is 0. The summed E-state index contributed by atoms with van der Waals surface area (Å²) < 4.78 is 1.34. The van der Waals surface area contributed by atoms with Crippen molar-refractivity contribution in [3.63, 3.8) is 0 Å². The molecule has 6 rings (SSSR count). The second-order valence-corrected chi connectivity index (χ2v) is 9.79. The van der Waals surface area contributed by atoms with Crippen LogP contribution in [0.25, 0.3) is 10.8 Å². The van der Waals surface area contributed by atoms with Gasteiger partial charge in [0.15, 0.2) is 0 Å². The lowest BCUT2D eigenvalue weighted by molar-refractivity contribution is -0.137. The number of likely N-dealkylation sites (tertiary alicyclic amines) is 1. The van der Waals surface area contributed by atoms with E-state index in [4.69, 9.17) is 0 Å². The maximum absolute atomic E-state index is 13.4. The molecule has 2 aromatic rings. The summed E-state index contributed by atoms with van der Waals surface area (Å²) in [5.41, 5.74) is 1.29. The van der Waals surface area contributed by atoms with Crippen LogP contribution in [0.15, 0.2) is 46.9 Å². The molecule has 0 spiro atoms. The number of rotatable bonds is 2. The molecule has 31 heavy (non-hydrogen) atoms. The number of carbonyl (C=O) groups excluding carboxylic acids is 1. The van der Waals surface area contributed by atoms with Crippen LogP contribution >= 0.6 is 0 Å². The Balaban J connectivity index is 1.28. The summed E-state index contributed by atoms with van der Waals surface area (Å²) in [6, 6.07) is 8.36. The first kappa shape index (κ1) is 19.2. The molecule has 4 atom stereocenters. The van der Waals surface area contributed by atoms with Gasteiger partial charge in [0.1, 0.15) is 6.54 Å². The lowest BCUT2D eigenvalue weighted by Crippen LogP contribution is -2.60. The van der Waals surface area contributed by atoms with Crippen molar-refractivity contribution in [2.75, 3.05) is 19.6 Å². The van der Waals surface area contributed by atoms with Gasteiger partial charge < -0.3 is 4.90 Å². The number of carbonyl (C=O) groups is 1. The zero-order valence-electron chi connectivity index (χ0n) is 17.9. The second-order valence-electron chi connectivity index (χ2n) is 9.79. The Morgan fingerprint density at radius 3 is 2.97 bits per heavy atom. The molecule has 1 aromatic heterocycles. The van der Waals surface area contributed by atoms with Crippen LogP contribution in [0.5, 0.6) is 0 Å². The highest BCUT2D eigenvalue weighted by atomic mass is 16.2. The predicted octanol–water partition coefficient (Wildman–Crippen LogP) is 2.82. The third-order valence-electron chi connectivity index (χ3n) is 8.02. The van der Waals surface area contributed by atoms with Crippen LogP contribution in [-0.4, -0.2) is 57.2 Å². The molecule has 1 aliphatic carbocycles. The smallest absolute Gasteiger partial charge is 0.275 e. The van der Waals surface area contributed by atoms with E-state index in [9.17, 15) is 9.59 Å². The molecule has 3 saturated heterocycles. The van der Waals surface area contributed by atoms with E-state index in [0.29, 0.717) is 23.3 Å². The van der Waals surface area contributed by atoms with Crippen molar-refractivity contribution < 1.29 is 4.79 Å². The number of amides is 1. The van der Waals surface area contributed by atoms with Gasteiger partial charge >= 0.3 is 0 Å². The first-order valence-corrected chi connectivity index (χ1v) is 11.9. The van der Waals surface area contributed by atoms with Crippen molar-refractivity contribution in [2.24, 2.45) is 11.8 Å². The fourth-order valence-corrected chi connectivity index (χ4v) is 6.71. The van der Waals surface area contributed by atoms with Gasteiger partial charge in [-0.1, -0.05) is 36.3 Å². The van der Waals surface area contributed by atoms with E-state index in [1.54, 1.807) is 12.3 Å². The zero-order chi connectivity index (χ0) is 20.9. The highest BCUT2D eigenvalue weighted by molar-refractivity contribution is 5.81. The maximum Gasteiger partial charge on any atom is 0.275 e. The highest BCUT2D eigenvalue weighted by Gasteiger charge is 2.46. The minimum Gasteiger partial charge on any atom is -0.334 e. The molecule has 0 radical (unpaired) electrons. The number of hydrogen-bond donors (Lipinski definition) is 0. The van der Waals surface area contributed by atoms with Gasteiger partial charge in [0.05, 0.1) is 17.6 Å². The van der Waals surface area contributed by atoms with E-state index in [-0.39, 0.29) is 24.1 Å². The summed E-state index contributed by atoms with van der Waals surface area (Å²) in [6.45, 7) is 3.13. The van der Waals surface area contributed by atoms with Crippen LogP contribution in [0.4, 0.5) is 0 Å². The standard InChI is InChI=1S/C25H30N4O2/c30-23(16-29-25(31)21-8-2-1-6-18(21)14-26-29)28-11-5-7-17-12-19-13-20(24(17)28)15-27-10-4-3-9-22(19)27/h1-2,6,8,12,14,19-20,22,24H,3-5,7,9-11,13,15-16H2/t19-,20+,22?,24?/m1/s1. The lowest BCUT2D eigenvalue weighted by Gasteiger charge is -2.54. The van der Waals surface area contributed by atoms with E-state index >= 15 is 0 Å². The van der Waals surface area contributed by atoms with Crippen LogP contribution in [0.3, 0.4) is 0 Å². The lowest BCUT2D eigenvalue weighted by atomic mass is 9.68. The van der Waals surface area contributed by atoms with Crippen LogP contribution in [0.1, 0.15) is 38.5 Å². The Labute approximate surface area is 182 Å². The molecule has 1 aromatic carbocycles. The van der Waals surface area contributed by atoms with Crippen LogP contribution in [0, 0.1) is 11.8 Å². The summed E-state index contributed by atoms with van der Waals surface area (Å²) in [5, 5.41) is 5.73. The third-order valence-corrected chi connectivity index (χ3v) is 8.02. The molecule has 3 fully saturated rings. The molecule has 0 saturated carbocycles. The van der Waals surface area contributed by atoms with Gasteiger partial charge in [-0.25, -0.2) is 4.68 Å². The minimum absolute atomic E-state index is 0.0237. The van der Waals surface area contributed by atoms with E-state index < -0.39 is 0 Å². The summed E-state index contributed by atoms with van der Waals surface area (Å²) in [6.07, 6.45) is 11.5. The Morgan fingerprint density at radius 2 is 2.03 bits per heavy atom. The molecule has 6 nitrogen and oxygen atoms in total. The molecule has 4 aliphatic rings. The fourth-order valence-electron chi connectivity index (χ4n) is 6.71. The molecule has 1 amide bonds. The first-order valence-electron chi connectivity index (χ1n) is 11.9. The number of nitrogens with zero attached hydrogens (tertiary/aromatic N) is 4. The maximum atomic E-state index is 13.4. The molecule has 162 valence electrons. The molecule has 3 aliphatic heterocycles. The molecule has 0 N–H and O–H groups in total. The van der Waals surface area contributed by atoms with Crippen molar-refractivity contribution in [1.29, 1.82) is 0 Å². The fraction of sp³-hybridized carbons (Fsp3) is 0.560. The monoisotopic (exact) mass is 418 g/mol. The Morgan fingerprint density at radius 1 is 1.13 bits per heavy atom. The van der Waals surface area contributed by atoms with Gasteiger partial charge in [0, 0.05) is 24.5 Å². The Kier molecular flexibility index (Phi) is 4.71. The molecule has 2 unspecified atom stereocenters. The second kappa shape index (κ2) is 7.59. The Hall–Kier alpha value is -2.47. The Bertz CT molecular complexity index is 1110.